The second-order valence-electron chi connectivity index (χ2n) is 4.41. The van der Waals surface area contributed by atoms with E-state index in [2.05, 4.69) is 19.2 Å². The highest BCUT2D eigenvalue weighted by Crippen LogP contribution is 2.39. The van der Waals surface area contributed by atoms with Crippen LogP contribution in [0.15, 0.2) is 0 Å². The normalized spacial score (nSPS) is 32.0. The molecular formula is C11H22N2O. The van der Waals surface area contributed by atoms with Crippen LogP contribution in [-0.2, 0) is 4.79 Å². The molecule has 2 unspecified atom stereocenters. The average molecular weight is 198 g/mol. The summed E-state index contributed by atoms with van der Waals surface area (Å²) in [6.45, 7) is 6.08. The van der Waals surface area contributed by atoms with E-state index in [1.807, 2.05) is 0 Å². The molecule has 1 saturated heterocycles. The zero-order valence-electron chi connectivity index (χ0n) is 9.31. The van der Waals surface area contributed by atoms with Gasteiger partial charge in [0.15, 0.2) is 0 Å². The van der Waals surface area contributed by atoms with E-state index in [9.17, 15) is 4.79 Å². The fourth-order valence-corrected chi connectivity index (χ4v) is 2.55. The first kappa shape index (κ1) is 11.5. The van der Waals surface area contributed by atoms with Crippen LogP contribution in [0.4, 0.5) is 0 Å². The molecular weight excluding hydrogens is 176 g/mol. The molecule has 82 valence electrons. The lowest BCUT2D eigenvalue weighted by molar-refractivity contribution is -0.124. The van der Waals surface area contributed by atoms with Gasteiger partial charge in [0.05, 0.1) is 5.92 Å². The van der Waals surface area contributed by atoms with Crippen molar-refractivity contribution in [3.63, 3.8) is 0 Å². The first-order valence-corrected chi connectivity index (χ1v) is 5.66. The van der Waals surface area contributed by atoms with Gasteiger partial charge in [0, 0.05) is 13.1 Å². The fraction of sp³-hybridized carbons (Fsp3) is 0.909. The van der Waals surface area contributed by atoms with Crippen LogP contribution in [0.25, 0.3) is 0 Å². The van der Waals surface area contributed by atoms with E-state index in [0.29, 0.717) is 0 Å². The van der Waals surface area contributed by atoms with Gasteiger partial charge >= 0.3 is 0 Å². The highest BCUT2D eigenvalue weighted by molar-refractivity contribution is 5.78. The minimum atomic E-state index is -0.132. The van der Waals surface area contributed by atoms with Crippen molar-refractivity contribution in [1.29, 1.82) is 0 Å². The Morgan fingerprint density at radius 1 is 1.57 bits per heavy atom. The summed E-state index contributed by atoms with van der Waals surface area (Å²) >= 11 is 0. The van der Waals surface area contributed by atoms with Gasteiger partial charge in [-0.05, 0) is 18.3 Å². The van der Waals surface area contributed by atoms with Crippen molar-refractivity contribution < 1.29 is 4.79 Å². The first-order chi connectivity index (χ1) is 6.66. The smallest absolute Gasteiger partial charge is 0.222 e. The van der Waals surface area contributed by atoms with Gasteiger partial charge in [-0.1, -0.05) is 26.7 Å². The van der Waals surface area contributed by atoms with E-state index in [4.69, 9.17) is 5.73 Å². The molecule has 3 heteroatoms. The van der Waals surface area contributed by atoms with Crippen LogP contribution in [-0.4, -0.2) is 19.0 Å². The van der Waals surface area contributed by atoms with Crippen LogP contribution >= 0.6 is 0 Å². The number of amides is 1. The lowest BCUT2D eigenvalue weighted by Crippen LogP contribution is -2.38. The maximum absolute atomic E-state index is 11.3. The molecule has 0 radical (unpaired) electrons. The minimum absolute atomic E-state index is 0.0408. The highest BCUT2D eigenvalue weighted by atomic mass is 16.1. The number of primary amides is 1. The summed E-state index contributed by atoms with van der Waals surface area (Å²) in [4.78, 5) is 11.3. The number of nitrogens with one attached hydrogen (secondary N) is 1. The van der Waals surface area contributed by atoms with Crippen LogP contribution < -0.4 is 11.1 Å². The molecule has 1 aliphatic heterocycles. The summed E-state index contributed by atoms with van der Waals surface area (Å²) in [5, 5.41) is 3.30. The maximum atomic E-state index is 11.3. The molecule has 1 heterocycles. The van der Waals surface area contributed by atoms with Crippen LogP contribution in [0.5, 0.6) is 0 Å². The Morgan fingerprint density at radius 2 is 2.29 bits per heavy atom. The molecule has 1 aliphatic rings. The molecule has 3 N–H and O–H groups in total. The number of carbonyl (C=O) groups is 1. The summed E-state index contributed by atoms with van der Waals surface area (Å²) in [6, 6.07) is 0. The number of rotatable bonds is 5. The van der Waals surface area contributed by atoms with Crippen molar-refractivity contribution in [2.45, 2.75) is 39.5 Å². The lowest BCUT2D eigenvalue weighted by Gasteiger charge is -2.31. The topological polar surface area (TPSA) is 55.1 Å². The van der Waals surface area contributed by atoms with Crippen molar-refractivity contribution in [3.05, 3.63) is 0 Å². The van der Waals surface area contributed by atoms with Gasteiger partial charge in [-0.2, -0.15) is 0 Å². The lowest BCUT2D eigenvalue weighted by atomic mass is 9.72. The average Bonchev–Trinajstić information content (AvgIpc) is 2.59. The summed E-state index contributed by atoms with van der Waals surface area (Å²) in [5.41, 5.74) is 5.58. The number of unbranched alkanes of at least 4 members (excludes halogenated alkanes) is 1. The van der Waals surface area contributed by atoms with Gasteiger partial charge in [-0.15, -0.1) is 0 Å². The number of carbonyl (C=O) groups excluding carboxylic acids is 1. The van der Waals surface area contributed by atoms with Crippen molar-refractivity contribution in [1.82, 2.24) is 5.32 Å². The Kier molecular flexibility index (Phi) is 3.93. The maximum Gasteiger partial charge on any atom is 0.222 e. The molecule has 1 amide bonds. The first-order valence-electron chi connectivity index (χ1n) is 5.66. The molecule has 2 atom stereocenters. The second-order valence-corrected chi connectivity index (χ2v) is 4.41. The van der Waals surface area contributed by atoms with E-state index in [0.717, 1.165) is 25.9 Å². The molecule has 1 fully saturated rings. The Bertz CT molecular complexity index is 205. The van der Waals surface area contributed by atoms with Gasteiger partial charge in [0.2, 0.25) is 5.91 Å². The van der Waals surface area contributed by atoms with Crippen LogP contribution in [0, 0.1) is 11.3 Å². The van der Waals surface area contributed by atoms with Gasteiger partial charge in [-0.25, -0.2) is 0 Å². The van der Waals surface area contributed by atoms with E-state index < -0.39 is 0 Å². The van der Waals surface area contributed by atoms with E-state index >= 15 is 0 Å². The van der Waals surface area contributed by atoms with Crippen LogP contribution in [0.3, 0.4) is 0 Å². The molecule has 0 bridgehead atoms. The number of hydrogen-bond acceptors (Lipinski definition) is 2. The quantitative estimate of drug-likeness (QED) is 0.699. The molecule has 0 saturated carbocycles. The van der Waals surface area contributed by atoms with E-state index in [1.54, 1.807) is 0 Å². The molecule has 14 heavy (non-hydrogen) atoms. The van der Waals surface area contributed by atoms with E-state index in [1.165, 1.54) is 12.8 Å². The molecule has 0 aliphatic carbocycles. The van der Waals surface area contributed by atoms with Crippen molar-refractivity contribution in [2.75, 3.05) is 13.1 Å². The Morgan fingerprint density at radius 3 is 2.79 bits per heavy atom. The predicted molar refractivity (Wildman–Crippen MR) is 57.8 cm³/mol. The summed E-state index contributed by atoms with van der Waals surface area (Å²) < 4.78 is 0. The molecule has 1 rings (SSSR count). The van der Waals surface area contributed by atoms with Gasteiger partial charge in [-0.3, -0.25) is 4.79 Å². The monoisotopic (exact) mass is 198 g/mol. The standard InChI is InChI=1S/C11H22N2O/c1-3-5-6-11(4-2)8-13-7-9(11)10(12)14/h9,13H,3-8H2,1-2H3,(H2,12,14). The largest absolute Gasteiger partial charge is 0.369 e. The summed E-state index contributed by atoms with van der Waals surface area (Å²) in [7, 11) is 0. The third kappa shape index (κ3) is 2.08. The number of hydrogen-bond donors (Lipinski definition) is 2. The molecule has 0 aromatic rings. The van der Waals surface area contributed by atoms with Gasteiger partial charge in [0.1, 0.15) is 0 Å². The van der Waals surface area contributed by atoms with Crippen LogP contribution in [0.1, 0.15) is 39.5 Å². The third-order valence-corrected chi connectivity index (χ3v) is 3.64. The van der Waals surface area contributed by atoms with E-state index in [-0.39, 0.29) is 17.2 Å². The zero-order chi connectivity index (χ0) is 10.6. The second kappa shape index (κ2) is 4.78. The molecule has 0 aromatic heterocycles. The van der Waals surface area contributed by atoms with Crippen molar-refractivity contribution in [3.8, 4) is 0 Å². The number of nitrogens with two attached hydrogens (primary N) is 1. The molecule has 3 nitrogen and oxygen atoms in total. The summed E-state index contributed by atoms with van der Waals surface area (Å²) in [6.07, 6.45) is 4.56. The van der Waals surface area contributed by atoms with Gasteiger partial charge < -0.3 is 11.1 Å². The Labute approximate surface area is 86.4 Å². The molecule has 0 spiro atoms. The zero-order valence-corrected chi connectivity index (χ0v) is 9.31. The summed E-state index contributed by atoms with van der Waals surface area (Å²) in [5.74, 6) is -0.0907. The third-order valence-electron chi connectivity index (χ3n) is 3.64. The van der Waals surface area contributed by atoms with Crippen molar-refractivity contribution >= 4 is 5.91 Å². The Hall–Kier alpha value is -0.570. The van der Waals surface area contributed by atoms with Crippen LogP contribution in [0.2, 0.25) is 0 Å². The SMILES string of the molecule is CCCCC1(CC)CNCC1C(N)=O. The minimum Gasteiger partial charge on any atom is -0.369 e. The Balaban J connectivity index is 2.69. The highest BCUT2D eigenvalue weighted by Gasteiger charge is 2.43. The van der Waals surface area contributed by atoms with Crippen molar-refractivity contribution in [2.24, 2.45) is 17.1 Å². The fourth-order valence-electron chi connectivity index (χ4n) is 2.55. The predicted octanol–water partition coefficient (Wildman–Crippen LogP) is 1.28. The van der Waals surface area contributed by atoms with Gasteiger partial charge in [0.25, 0.3) is 0 Å². The molecule has 0 aromatic carbocycles.